The predicted molar refractivity (Wildman–Crippen MR) is 51.1 cm³/mol. The van der Waals surface area contributed by atoms with Crippen LogP contribution in [0.15, 0.2) is 12.2 Å². The quantitative estimate of drug-likeness (QED) is 0.378. The second-order valence-electron chi connectivity index (χ2n) is 3.62. The molecule has 0 spiro atoms. The number of rotatable bonds is 3. The summed E-state index contributed by atoms with van der Waals surface area (Å²) in [5.74, 6) is 0. The van der Waals surface area contributed by atoms with Gasteiger partial charge in [0.1, 0.15) is 0 Å². The first-order chi connectivity index (χ1) is 3.95. The Morgan fingerprint density at radius 2 is 1.89 bits per heavy atom. The molecule has 0 radical (unpaired) electrons. The second-order valence-corrected chi connectivity index (χ2v) is 9.66. The molecule has 0 fully saturated rings. The van der Waals surface area contributed by atoms with E-state index in [9.17, 15) is 0 Å². The highest BCUT2D eigenvalue weighted by atomic mass is 79.9. The van der Waals surface area contributed by atoms with Crippen LogP contribution in [-0.2, 0) is 0 Å². The second kappa shape index (κ2) is 3.57. The summed E-state index contributed by atoms with van der Waals surface area (Å²) in [7, 11) is -0.871. The first-order valence-electron chi connectivity index (χ1n) is 3.18. The van der Waals surface area contributed by atoms with Crippen molar-refractivity contribution in [1.29, 1.82) is 0 Å². The van der Waals surface area contributed by atoms with Crippen LogP contribution in [0.4, 0.5) is 0 Å². The molecule has 0 saturated carbocycles. The molecule has 0 aliphatic heterocycles. The van der Waals surface area contributed by atoms with Crippen molar-refractivity contribution in [1.82, 2.24) is 0 Å². The van der Waals surface area contributed by atoms with Gasteiger partial charge in [-0.1, -0.05) is 47.7 Å². The molecular weight excluding hydrogens is 192 g/mol. The highest BCUT2D eigenvalue weighted by Gasteiger charge is 2.13. The van der Waals surface area contributed by atoms with E-state index in [0.29, 0.717) is 0 Å². The van der Waals surface area contributed by atoms with Gasteiger partial charge >= 0.3 is 0 Å². The zero-order valence-electron chi connectivity index (χ0n) is 6.50. The van der Waals surface area contributed by atoms with Crippen molar-refractivity contribution < 1.29 is 0 Å². The Morgan fingerprint density at radius 3 is 2.00 bits per heavy atom. The van der Waals surface area contributed by atoms with Crippen molar-refractivity contribution in [2.24, 2.45) is 0 Å². The van der Waals surface area contributed by atoms with E-state index in [1.165, 1.54) is 11.6 Å². The largest absolute Gasteiger partial charge is 0.0993 e. The van der Waals surface area contributed by atoms with Crippen LogP contribution in [0.5, 0.6) is 0 Å². The van der Waals surface area contributed by atoms with Gasteiger partial charge in [-0.3, -0.25) is 0 Å². The lowest BCUT2D eigenvalue weighted by Gasteiger charge is -2.15. The van der Waals surface area contributed by atoms with Crippen molar-refractivity contribution in [2.75, 3.05) is 5.33 Å². The molecule has 0 aliphatic carbocycles. The average Bonchev–Trinajstić information content (AvgIpc) is 1.62. The molecule has 0 saturated heterocycles. The Kier molecular flexibility index (Phi) is 3.74. The van der Waals surface area contributed by atoms with Gasteiger partial charge in [-0.25, -0.2) is 0 Å². The smallest absolute Gasteiger partial charge is 0.0483 e. The van der Waals surface area contributed by atoms with E-state index in [2.05, 4.69) is 42.1 Å². The summed E-state index contributed by atoms with van der Waals surface area (Å²) in [4.78, 5) is 0. The molecular formula is C7H15BrSi. The fraction of sp³-hybridized carbons (Fsp3) is 0.714. The number of hydrogen-bond acceptors (Lipinski definition) is 0. The average molecular weight is 207 g/mol. The molecule has 0 unspecified atom stereocenters. The Labute approximate surface area is 67.5 Å². The van der Waals surface area contributed by atoms with Crippen molar-refractivity contribution in [3.05, 3.63) is 12.2 Å². The zero-order chi connectivity index (χ0) is 7.49. The number of halogens is 1. The van der Waals surface area contributed by atoms with E-state index in [0.717, 1.165) is 5.33 Å². The van der Waals surface area contributed by atoms with Crippen molar-refractivity contribution >= 4 is 24.0 Å². The van der Waals surface area contributed by atoms with Gasteiger partial charge in [0.05, 0.1) is 0 Å². The van der Waals surface area contributed by atoms with Gasteiger partial charge in [0.15, 0.2) is 0 Å². The SMILES string of the molecule is C=C(CBr)C[Si](C)(C)C. The Balaban J connectivity index is 3.60. The summed E-state index contributed by atoms with van der Waals surface area (Å²) < 4.78 is 0. The van der Waals surface area contributed by atoms with Crippen LogP contribution in [0.2, 0.25) is 25.7 Å². The molecule has 0 N–H and O–H groups in total. The van der Waals surface area contributed by atoms with Gasteiger partial charge in [-0.05, 0) is 6.04 Å². The van der Waals surface area contributed by atoms with Crippen molar-refractivity contribution in [2.45, 2.75) is 25.7 Å². The van der Waals surface area contributed by atoms with Gasteiger partial charge in [0.25, 0.3) is 0 Å². The summed E-state index contributed by atoms with van der Waals surface area (Å²) in [6, 6.07) is 1.25. The molecule has 54 valence electrons. The molecule has 0 nitrogen and oxygen atoms in total. The zero-order valence-corrected chi connectivity index (χ0v) is 9.09. The molecule has 0 aromatic carbocycles. The fourth-order valence-electron chi connectivity index (χ4n) is 0.797. The van der Waals surface area contributed by atoms with E-state index >= 15 is 0 Å². The molecule has 2 heteroatoms. The van der Waals surface area contributed by atoms with Gasteiger partial charge in [0.2, 0.25) is 0 Å². The summed E-state index contributed by atoms with van der Waals surface area (Å²) >= 11 is 3.39. The molecule has 0 bridgehead atoms. The highest BCUT2D eigenvalue weighted by Crippen LogP contribution is 2.15. The Bertz CT molecular complexity index is 102. The lowest BCUT2D eigenvalue weighted by molar-refractivity contribution is 1.35. The van der Waals surface area contributed by atoms with Crippen LogP contribution < -0.4 is 0 Å². The van der Waals surface area contributed by atoms with E-state index in [1.54, 1.807) is 0 Å². The maximum Gasteiger partial charge on any atom is 0.0483 e. The Hall–Kier alpha value is 0.437. The molecule has 9 heavy (non-hydrogen) atoms. The van der Waals surface area contributed by atoms with Crippen molar-refractivity contribution in [3.63, 3.8) is 0 Å². The predicted octanol–water partition coefficient (Wildman–Crippen LogP) is 3.28. The lowest BCUT2D eigenvalue weighted by atomic mass is 10.4. The van der Waals surface area contributed by atoms with Crippen LogP contribution >= 0.6 is 15.9 Å². The van der Waals surface area contributed by atoms with Crippen LogP contribution in [0.25, 0.3) is 0 Å². The number of alkyl halides is 1. The molecule has 0 atom stereocenters. The minimum absolute atomic E-state index is 0.871. The number of hydrogen-bond donors (Lipinski definition) is 0. The first-order valence-corrected chi connectivity index (χ1v) is 8.01. The van der Waals surface area contributed by atoms with Crippen LogP contribution in [0.3, 0.4) is 0 Å². The van der Waals surface area contributed by atoms with Crippen molar-refractivity contribution in [3.8, 4) is 0 Å². The van der Waals surface area contributed by atoms with Crippen LogP contribution in [0, 0.1) is 0 Å². The van der Waals surface area contributed by atoms with E-state index in [1.807, 2.05) is 0 Å². The third-order valence-electron chi connectivity index (χ3n) is 0.969. The van der Waals surface area contributed by atoms with Gasteiger partial charge in [-0.2, -0.15) is 0 Å². The van der Waals surface area contributed by atoms with Gasteiger partial charge in [-0.15, -0.1) is 0 Å². The summed E-state index contributed by atoms with van der Waals surface area (Å²) in [6.45, 7) is 11.0. The van der Waals surface area contributed by atoms with E-state index in [-0.39, 0.29) is 0 Å². The minimum Gasteiger partial charge on any atom is -0.0993 e. The first kappa shape index (κ1) is 9.44. The van der Waals surface area contributed by atoms with Crippen LogP contribution in [0.1, 0.15) is 0 Å². The number of allylic oxidation sites excluding steroid dienone is 1. The third-order valence-corrected chi connectivity index (χ3v) is 3.32. The monoisotopic (exact) mass is 206 g/mol. The summed E-state index contributed by atoms with van der Waals surface area (Å²) in [5.41, 5.74) is 1.34. The van der Waals surface area contributed by atoms with Crippen LogP contribution in [-0.4, -0.2) is 13.4 Å². The molecule has 0 aromatic rings. The Morgan fingerprint density at radius 1 is 1.44 bits per heavy atom. The summed E-state index contributed by atoms with van der Waals surface area (Å²) in [6.07, 6.45) is 0. The van der Waals surface area contributed by atoms with Gasteiger partial charge < -0.3 is 0 Å². The molecule has 0 aliphatic rings. The molecule has 0 amide bonds. The van der Waals surface area contributed by atoms with Gasteiger partial charge in [0, 0.05) is 13.4 Å². The standard InChI is InChI=1S/C7H15BrSi/c1-7(5-8)6-9(2,3)4/h1,5-6H2,2-4H3. The van der Waals surface area contributed by atoms with E-state index in [4.69, 9.17) is 0 Å². The topological polar surface area (TPSA) is 0 Å². The lowest BCUT2D eigenvalue weighted by Crippen LogP contribution is -2.19. The van der Waals surface area contributed by atoms with E-state index < -0.39 is 8.07 Å². The normalized spacial score (nSPS) is 11.6. The molecule has 0 aromatic heterocycles. The molecule has 0 rings (SSSR count). The third kappa shape index (κ3) is 6.32. The molecule has 0 heterocycles. The maximum atomic E-state index is 3.95. The fourth-order valence-corrected chi connectivity index (χ4v) is 2.99. The summed E-state index contributed by atoms with van der Waals surface area (Å²) in [5, 5.41) is 0.970. The minimum atomic E-state index is -0.871. The maximum absolute atomic E-state index is 3.95. The highest BCUT2D eigenvalue weighted by molar-refractivity contribution is 9.09.